The summed E-state index contributed by atoms with van der Waals surface area (Å²) in [5, 5.41) is 9.23. The molecular formula is C17H15NO3. The molecule has 0 bridgehead atoms. The summed E-state index contributed by atoms with van der Waals surface area (Å²) >= 11 is 0. The molecule has 0 aliphatic carbocycles. The third kappa shape index (κ3) is 3.25. The molecule has 2 aromatic rings. The van der Waals surface area contributed by atoms with Gasteiger partial charge >= 0.3 is 5.97 Å². The van der Waals surface area contributed by atoms with Gasteiger partial charge in [0.25, 0.3) is 0 Å². The molecule has 1 unspecified atom stereocenters. The number of aliphatic imine (C=N–C) groups is 1. The van der Waals surface area contributed by atoms with E-state index in [9.17, 15) is 14.7 Å². The first-order valence-corrected chi connectivity index (χ1v) is 6.67. The zero-order valence-electron chi connectivity index (χ0n) is 11.6. The monoisotopic (exact) mass is 281 g/mol. The largest absolute Gasteiger partial charge is 0.481 e. The van der Waals surface area contributed by atoms with Gasteiger partial charge in [-0.3, -0.25) is 4.79 Å². The fourth-order valence-electron chi connectivity index (χ4n) is 2.32. The number of carbonyl (C=O) groups excluding carboxylic acids is 1. The Labute approximate surface area is 122 Å². The van der Waals surface area contributed by atoms with Gasteiger partial charge in [0, 0.05) is 5.56 Å². The Balaban J connectivity index is 2.55. The van der Waals surface area contributed by atoms with E-state index < -0.39 is 11.9 Å². The van der Waals surface area contributed by atoms with Gasteiger partial charge in [-0.1, -0.05) is 49.4 Å². The first-order chi connectivity index (χ1) is 10.2. The minimum atomic E-state index is -0.883. The van der Waals surface area contributed by atoms with Crippen molar-refractivity contribution >= 4 is 17.7 Å². The van der Waals surface area contributed by atoms with E-state index in [0.717, 1.165) is 11.1 Å². The van der Waals surface area contributed by atoms with Crippen molar-refractivity contribution < 1.29 is 14.7 Å². The second kappa shape index (κ2) is 6.64. The lowest BCUT2D eigenvalue weighted by molar-refractivity contribution is -0.138. The van der Waals surface area contributed by atoms with E-state index in [1.54, 1.807) is 18.2 Å². The Morgan fingerprint density at radius 1 is 1.24 bits per heavy atom. The van der Waals surface area contributed by atoms with Crippen molar-refractivity contribution in [2.75, 3.05) is 0 Å². The van der Waals surface area contributed by atoms with Gasteiger partial charge in [0.2, 0.25) is 6.08 Å². The summed E-state index contributed by atoms with van der Waals surface area (Å²) in [4.78, 5) is 25.6. The van der Waals surface area contributed by atoms with Crippen molar-refractivity contribution in [3.05, 3.63) is 54.1 Å². The maximum atomic E-state index is 11.2. The molecule has 106 valence electrons. The fourth-order valence-corrected chi connectivity index (χ4v) is 2.32. The van der Waals surface area contributed by atoms with E-state index in [-0.39, 0.29) is 0 Å². The van der Waals surface area contributed by atoms with Crippen molar-refractivity contribution in [2.45, 2.75) is 19.3 Å². The zero-order valence-corrected chi connectivity index (χ0v) is 11.6. The summed E-state index contributed by atoms with van der Waals surface area (Å²) in [6, 6.07) is 14.7. The summed E-state index contributed by atoms with van der Waals surface area (Å²) < 4.78 is 0. The Morgan fingerprint density at radius 3 is 2.52 bits per heavy atom. The van der Waals surface area contributed by atoms with Crippen molar-refractivity contribution in [3.63, 3.8) is 0 Å². The normalized spacial score (nSPS) is 11.5. The highest BCUT2D eigenvalue weighted by atomic mass is 16.4. The van der Waals surface area contributed by atoms with Crippen LogP contribution in [0.5, 0.6) is 0 Å². The molecule has 0 saturated carbocycles. The summed E-state index contributed by atoms with van der Waals surface area (Å²) in [6.07, 6.45) is 2.01. The van der Waals surface area contributed by atoms with Gasteiger partial charge in [-0.15, -0.1) is 0 Å². The number of carbonyl (C=O) groups is 1. The van der Waals surface area contributed by atoms with Crippen LogP contribution in [-0.4, -0.2) is 17.2 Å². The highest BCUT2D eigenvalue weighted by Gasteiger charge is 2.19. The van der Waals surface area contributed by atoms with Crippen LogP contribution in [0.25, 0.3) is 11.1 Å². The lowest BCUT2D eigenvalue weighted by Crippen LogP contribution is -2.10. The summed E-state index contributed by atoms with van der Waals surface area (Å²) in [6.45, 7) is 1.81. The second-order valence-corrected chi connectivity index (χ2v) is 4.64. The fraction of sp³-hybridized carbons (Fsp3) is 0.176. The van der Waals surface area contributed by atoms with E-state index in [4.69, 9.17) is 0 Å². The molecule has 2 aromatic carbocycles. The smallest absolute Gasteiger partial charge is 0.310 e. The highest BCUT2D eigenvalue weighted by Crippen LogP contribution is 2.33. The van der Waals surface area contributed by atoms with Gasteiger partial charge in [0.1, 0.15) is 0 Å². The minimum Gasteiger partial charge on any atom is -0.481 e. The summed E-state index contributed by atoms with van der Waals surface area (Å²) in [7, 11) is 0. The van der Waals surface area contributed by atoms with Crippen molar-refractivity contribution in [3.8, 4) is 11.1 Å². The first-order valence-electron chi connectivity index (χ1n) is 6.67. The number of carboxylic acids is 1. The second-order valence-electron chi connectivity index (χ2n) is 4.64. The third-order valence-electron chi connectivity index (χ3n) is 3.38. The number of nitrogens with zero attached hydrogens (tertiary/aromatic N) is 1. The average molecular weight is 281 g/mol. The lowest BCUT2D eigenvalue weighted by atomic mass is 9.93. The Morgan fingerprint density at radius 2 is 1.95 bits per heavy atom. The van der Waals surface area contributed by atoms with Gasteiger partial charge in [0.15, 0.2) is 0 Å². The molecule has 21 heavy (non-hydrogen) atoms. The Kier molecular flexibility index (Phi) is 4.64. The standard InChI is InChI=1S/C17H15NO3/c1-2-14(17(20)21)13-8-9-15(16(10-13)18-11-19)12-6-4-3-5-7-12/h3-10,14H,2H2,1H3,(H,20,21). The quantitative estimate of drug-likeness (QED) is 0.667. The molecule has 0 aliphatic rings. The number of carboxylic acid groups (broad SMARTS) is 1. The van der Waals surface area contributed by atoms with E-state index in [0.29, 0.717) is 17.7 Å². The molecule has 1 N–H and O–H groups in total. The van der Waals surface area contributed by atoms with Crippen LogP contribution < -0.4 is 0 Å². The highest BCUT2D eigenvalue weighted by molar-refractivity contribution is 5.81. The van der Waals surface area contributed by atoms with Gasteiger partial charge < -0.3 is 5.11 Å². The molecule has 0 aromatic heterocycles. The molecule has 4 nitrogen and oxygen atoms in total. The molecule has 0 amide bonds. The van der Waals surface area contributed by atoms with Crippen LogP contribution >= 0.6 is 0 Å². The number of benzene rings is 2. The van der Waals surface area contributed by atoms with Crippen molar-refractivity contribution in [2.24, 2.45) is 4.99 Å². The molecule has 4 heteroatoms. The number of rotatable bonds is 5. The molecule has 0 heterocycles. The number of hydrogen-bond acceptors (Lipinski definition) is 3. The average Bonchev–Trinajstić information content (AvgIpc) is 2.49. The molecule has 0 aliphatic heterocycles. The minimum absolute atomic E-state index is 0.438. The number of hydrogen-bond donors (Lipinski definition) is 1. The van der Waals surface area contributed by atoms with Crippen molar-refractivity contribution in [1.29, 1.82) is 0 Å². The molecular weight excluding hydrogens is 266 g/mol. The van der Waals surface area contributed by atoms with Crippen LogP contribution in [0.15, 0.2) is 53.5 Å². The predicted octanol–water partition coefficient (Wildman–Crippen LogP) is 3.90. The maximum Gasteiger partial charge on any atom is 0.310 e. The van der Waals surface area contributed by atoms with Gasteiger partial charge in [-0.25, -0.2) is 4.79 Å². The van der Waals surface area contributed by atoms with Gasteiger partial charge in [-0.05, 0) is 23.6 Å². The van der Waals surface area contributed by atoms with E-state index in [1.165, 1.54) is 6.08 Å². The van der Waals surface area contributed by atoms with Gasteiger partial charge in [-0.2, -0.15) is 4.99 Å². The lowest BCUT2D eigenvalue weighted by Gasteiger charge is -2.13. The summed E-state index contributed by atoms with van der Waals surface area (Å²) in [5.41, 5.74) is 2.77. The van der Waals surface area contributed by atoms with Crippen LogP contribution in [0.2, 0.25) is 0 Å². The van der Waals surface area contributed by atoms with Crippen molar-refractivity contribution in [1.82, 2.24) is 0 Å². The molecule has 2 rings (SSSR count). The van der Waals surface area contributed by atoms with E-state index in [2.05, 4.69) is 4.99 Å². The van der Waals surface area contributed by atoms with Crippen LogP contribution in [0.1, 0.15) is 24.8 Å². The van der Waals surface area contributed by atoms with Crippen LogP contribution in [-0.2, 0) is 9.59 Å². The number of isocyanates is 1. The molecule has 1 atom stereocenters. The molecule has 0 radical (unpaired) electrons. The zero-order chi connectivity index (χ0) is 15.2. The third-order valence-corrected chi connectivity index (χ3v) is 3.38. The Bertz CT molecular complexity index is 688. The maximum absolute atomic E-state index is 11.2. The van der Waals surface area contributed by atoms with Gasteiger partial charge in [0.05, 0.1) is 11.6 Å². The van der Waals surface area contributed by atoms with Crippen LogP contribution in [0.4, 0.5) is 5.69 Å². The SMILES string of the molecule is CCC(C(=O)O)c1ccc(-c2ccccc2)c(N=C=O)c1. The Hall–Kier alpha value is -2.71. The summed E-state index contributed by atoms with van der Waals surface area (Å²) in [5.74, 6) is -1.48. The predicted molar refractivity (Wildman–Crippen MR) is 80.3 cm³/mol. The molecule has 0 spiro atoms. The molecule has 0 fully saturated rings. The van der Waals surface area contributed by atoms with Crippen LogP contribution in [0.3, 0.4) is 0 Å². The van der Waals surface area contributed by atoms with E-state index in [1.807, 2.05) is 37.3 Å². The molecule has 0 saturated heterocycles. The van der Waals surface area contributed by atoms with Crippen LogP contribution in [0, 0.1) is 0 Å². The topological polar surface area (TPSA) is 66.7 Å². The number of aliphatic carboxylic acids is 1. The first kappa shape index (κ1) is 14.7. The van der Waals surface area contributed by atoms with E-state index >= 15 is 0 Å².